The fourth-order valence-electron chi connectivity index (χ4n) is 3.25. The molecule has 1 fully saturated rings. The van der Waals surface area contributed by atoms with Crippen LogP contribution in [0, 0.1) is 0 Å². The van der Waals surface area contributed by atoms with Gasteiger partial charge in [0.05, 0.1) is 0 Å². The average molecular weight is 363 g/mol. The molecule has 0 bridgehead atoms. The molecule has 1 N–H and O–H groups in total. The smallest absolute Gasteiger partial charge is 0.256 e. The SMILES string of the molecule is CCCOC(C)(CCC)C(=O)Nc1ccc(OCCN2CCCC2)cc1. The van der Waals surface area contributed by atoms with E-state index < -0.39 is 5.60 Å². The summed E-state index contributed by atoms with van der Waals surface area (Å²) in [6, 6.07) is 7.58. The van der Waals surface area contributed by atoms with Crippen molar-refractivity contribution < 1.29 is 14.3 Å². The van der Waals surface area contributed by atoms with Crippen LogP contribution in [0.3, 0.4) is 0 Å². The van der Waals surface area contributed by atoms with E-state index in [9.17, 15) is 4.79 Å². The first-order valence-electron chi connectivity index (χ1n) is 9.98. The summed E-state index contributed by atoms with van der Waals surface area (Å²) < 4.78 is 11.6. The number of ether oxygens (including phenoxy) is 2. The highest BCUT2D eigenvalue weighted by Crippen LogP contribution is 2.22. The van der Waals surface area contributed by atoms with Crippen molar-refractivity contribution in [3.8, 4) is 5.75 Å². The van der Waals surface area contributed by atoms with Crippen molar-refractivity contribution >= 4 is 11.6 Å². The van der Waals surface area contributed by atoms with Crippen LogP contribution in [0.5, 0.6) is 5.75 Å². The normalized spacial score (nSPS) is 17.0. The van der Waals surface area contributed by atoms with Crippen molar-refractivity contribution in [2.24, 2.45) is 0 Å². The van der Waals surface area contributed by atoms with Gasteiger partial charge in [-0.15, -0.1) is 0 Å². The van der Waals surface area contributed by atoms with E-state index in [1.807, 2.05) is 38.1 Å². The van der Waals surface area contributed by atoms with Crippen molar-refractivity contribution in [1.29, 1.82) is 0 Å². The number of carbonyl (C=O) groups is 1. The molecule has 1 saturated heterocycles. The maximum Gasteiger partial charge on any atom is 0.256 e. The molecule has 1 unspecified atom stereocenters. The summed E-state index contributed by atoms with van der Waals surface area (Å²) in [7, 11) is 0. The van der Waals surface area contributed by atoms with Crippen molar-refractivity contribution in [3.63, 3.8) is 0 Å². The van der Waals surface area contributed by atoms with Gasteiger partial charge in [-0.2, -0.15) is 0 Å². The topological polar surface area (TPSA) is 50.8 Å². The van der Waals surface area contributed by atoms with Gasteiger partial charge in [0.25, 0.3) is 5.91 Å². The number of nitrogens with one attached hydrogen (secondary N) is 1. The van der Waals surface area contributed by atoms with Gasteiger partial charge < -0.3 is 14.8 Å². The fourth-order valence-corrected chi connectivity index (χ4v) is 3.25. The summed E-state index contributed by atoms with van der Waals surface area (Å²) >= 11 is 0. The van der Waals surface area contributed by atoms with Crippen molar-refractivity contribution in [2.75, 3.05) is 38.2 Å². The predicted molar refractivity (Wildman–Crippen MR) is 106 cm³/mol. The van der Waals surface area contributed by atoms with E-state index in [0.29, 0.717) is 19.6 Å². The van der Waals surface area contributed by atoms with Crippen LogP contribution in [0.2, 0.25) is 0 Å². The van der Waals surface area contributed by atoms with Crippen molar-refractivity contribution in [3.05, 3.63) is 24.3 Å². The lowest BCUT2D eigenvalue weighted by molar-refractivity contribution is -0.140. The third kappa shape index (κ3) is 6.29. The Morgan fingerprint density at radius 2 is 1.81 bits per heavy atom. The van der Waals surface area contributed by atoms with Crippen LogP contribution in [0.25, 0.3) is 0 Å². The Morgan fingerprint density at radius 3 is 2.42 bits per heavy atom. The second-order valence-electron chi connectivity index (χ2n) is 7.21. The van der Waals surface area contributed by atoms with E-state index in [1.165, 1.54) is 25.9 Å². The number of hydrogen-bond donors (Lipinski definition) is 1. The number of carbonyl (C=O) groups excluding carboxylic acids is 1. The maximum atomic E-state index is 12.7. The van der Waals surface area contributed by atoms with E-state index in [4.69, 9.17) is 9.47 Å². The minimum Gasteiger partial charge on any atom is -0.492 e. The van der Waals surface area contributed by atoms with Crippen LogP contribution in [-0.2, 0) is 9.53 Å². The Balaban J connectivity index is 1.83. The van der Waals surface area contributed by atoms with Gasteiger partial charge in [-0.05, 0) is 70.0 Å². The summed E-state index contributed by atoms with van der Waals surface area (Å²) in [6.45, 7) is 10.6. The molecule has 1 aliphatic heterocycles. The van der Waals surface area contributed by atoms with Crippen LogP contribution >= 0.6 is 0 Å². The molecule has 1 amide bonds. The molecule has 5 heteroatoms. The second kappa shape index (κ2) is 10.5. The zero-order chi connectivity index (χ0) is 18.8. The molecular formula is C21H34N2O3. The molecule has 1 aliphatic rings. The van der Waals surface area contributed by atoms with E-state index in [0.717, 1.165) is 30.8 Å². The highest BCUT2D eigenvalue weighted by Gasteiger charge is 2.33. The Bertz CT molecular complexity index is 541. The van der Waals surface area contributed by atoms with E-state index in [-0.39, 0.29) is 5.91 Å². The van der Waals surface area contributed by atoms with Gasteiger partial charge in [-0.25, -0.2) is 0 Å². The number of likely N-dealkylation sites (tertiary alicyclic amines) is 1. The Kier molecular flexibility index (Phi) is 8.39. The molecule has 26 heavy (non-hydrogen) atoms. The Hall–Kier alpha value is -1.59. The number of benzene rings is 1. The molecule has 1 aromatic rings. The molecule has 1 heterocycles. The highest BCUT2D eigenvalue weighted by atomic mass is 16.5. The summed E-state index contributed by atoms with van der Waals surface area (Å²) in [4.78, 5) is 15.1. The monoisotopic (exact) mass is 362 g/mol. The highest BCUT2D eigenvalue weighted by molar-refractivity contribution is 5.97. The zero-order valence-corrected chi connectivity index (χ0v) is 16.6. The second-order valence-corrected chi connectivity index (χ2v) is 7.21. The molecule has 0 spiro atoms. The standard InChI is InChI=1S/C21H34N2O3/c1-4-12-21(3,26-16-5-2)20(24)22-18-8-10-19(11-9-18)25-17-15-23-13-6-7-14-23/h8-11H,4-7,12-17H2,1-3H3,(H,22,24). The van der Waals surface area contributed by atoms with E-state index >= 15 is 0 Å². The quantitative estimate of drug-likeness (QED) is 0.644. The molecule has 0 aromatic heterocycles. The van der Waals surface area contributed by atoms with Gasteiger partial charge in [0.15, 0.2) is 0 Å². The minimum absolute atomic E-state index is 0.0875. The van der Waals surface area contributed by atoms with E-state index in [1.54, 1.807) is 0 Å². The molecule has 0 aliphatic carbocycles. The largest absolute Gasteiger partial charge is 0.492 e. The molecule has 0 saturated carbocycles. The van der Waals surface area contributed by atoms with Gasteiger partial charge in [-0.1, -0.05) is 20.3 Å². The Labute approximate surface area is 158 Å². The number of rotatable bonds is 11. The first kappa shape index (κ1) is 20.7. The summed E-state index contributed by atoms with van der Waals surface area (Å²) in [5.74, 6) is 0.747. The van der Waals surface area contributed by atoms with Gasteiger partial charge >= 0.3 is 0 Å². The summed E-state index contributed by atoms with van der Waals surface area (Å²) in [5.41, 5.74) is -0.0142. The first-order valence-corrected chi connectivity index (χ1v) is 9.98. The predicted octanol–water partition coefficient (Wildman–Crippen LogP) is 4.09. The number of amides is 1. The zero-order valence-electron chi connectivity index (χ0n) is 16.6. The van der Waals surface area contributed by atoms with Crippen LogP contribution in [-0.4, -0.2) is 49.3 Å². The van der Waals surface area contributed by atoms with Crippen LogP contribution in [0.1, 0.15) is 52.9 Å². The van der Waals surface area contributed by atoms with Crippen molar-refractivity contribution in [1.82, 2.24) is 4.90 Å². The molecule has 0 radical (unpaired) electrons. The lowest BCUT2D eigenvalue weighted by atomic mass is 9.99. The molecule has 2 rings (SSSR count). The van der Waals surface area contributed by atoms with Crippen LogP contribution in [0.4, 0.5) is 5.69 Å². The molecular weight excluding hydrogens is 328 g/mol. The summed E-state index contributed by atoms with van der Waals surface area (Å²) in [5, 5.41) is 2.98. The lowest BCUT2D eigenvalue weighted by Crippen LogP contribution is -2.43. The van der Waals surface area contributed by atoms with Crippen molar-refractivity contribution in [2.45, 2.75) is 58.5 Å². The number of hydrogen-bond acceptors (Lipinski definition) is 4. The third-order valence-corrected chi connectivity index (χ3v) is 4.82. The van der Waals surface area contributed by atoms with Crippen LogP contribution < -0.4 is 10.1 Å². The number of anilines is 1. The van der Waals surface area contributed by atoms with Gasteiger partial charge in [-0.3, -0.25) is 9.69 Å². The first-order chi connectivity index (χ1) is 12.6. The minimum atomic E-state index is -0.782. The average Bonchev–Trinajstić information content (AvgIpc) is 3.15. The van der Waals surface area contributed by atoms with Gasteiger partial charge in [0.1, 0.15) is 18.0 Å². The van der Waals surface area contributed by atoms with Gasteiger partial charge in [0.2, 0.25) is 0 Å². The Morgan fingerprint density at radius 1 is 1.12 bits per heavy atom. The maximum absolute atomic E-state index is 12.7. The molecule has 5 nitrogen and oxygen atoms in total. The molecule has 1 aromatic carbocycles. The van der Waals surface area contributed by atoms with E-state index in [2.05, 4.69) is 17.1 Å². The fraction of sp³-hybridized carbons (Fsp3) is 0.667. The summed E-state index contributed by atoms with van der Waals surface area (Å²) in [6.07, 6.45) is 5.10. The number of nitrogens with zero attached hydrogens (tertiary/aromatic N) is 1. The van der Waals surface area contributed by atoms with Crippen LogP contribution in [0.15, 0.2) is 24.3 Å². The molecule has 146 valence electrons. The third-order valence-electron chi connectivity index (χ3n) is 4.82. The molecule has 1 atom stereocenters. The van der Waals surface area contributed by atoms with Gasteiger partial charge in [0, 0.05) is 18.8 Å². The lowest BCUT2D eigenvalue weighted by Gasteiger charge is -2.28.